The van der Waals surface area contributed by atoms with Gasteiger partial charge < -0.3 is 23.9 Å². The van der Waals surface area contributed by atoms with E-state index in [0.29, 0.717) is 28.5 Å². The fraction of sp³-hybridized carbons (Fsp3) is 0.379. The van der Waals surface area contributed by atoms with Crippen LogP contribution in [0.2, 0.25) is 0 Å². The van der Waals surface area contributed by atoms with Gasteiger partial charge in [0.05, 0.1) is 27.6 Å². The first-order chi connectivity index (χ1) is 18.0. The summed E-state index contributed by atoms with van der Waals surface area (Å²) in [6, 6.07) is 13.3. The van der Waals surface area contributed by atoms with Crippen LogP contribution in [0, 0.1) is 0 Å². The molecule has 2 amide bonds. The summed E-state index contributed by atoms with van der Waals surface area (Å²) >= 11 is 0. The van der Waals surface area contributed by atoms with Crippen molar-refractivity contribution >= 4 is 17.5 Å². The molecule has 1 aliphatic rings. The highest BCUT2D eigenvalue weighted by atomic mass is 16.5. The van der Waals surface area contributed by atoms with Gasteiger partial charge >= 0.3 is 0 Å². The van der Waals surface area contributed by atoms with E-state index in [1.165, 1.54) is 32.5 Å². The number of furan rings is 1. The van der Waals surface area contributed by atoms with Crippen LogP contribution in [0.3, 0.4) is 0 Å². The number of amides is 2. The number of anilines is 1. The molecule has 4 rings (SSSR count). The zero-order valence-electron chi connectivity index (χ0n) is 21.8. The van der Waals surface area contributed by atoms with E-state index >= 15 is 0 Å². The van der Waals surface area contributed by atoms with Gasteiger partial charge in [-0.2, -0.15) is 0 Å². The summed E-state index contributed by atoms with van der Waals surface area (Å²) in [4.78, 5) is 29.4. The molecule has 0 spiro atoms. The SMILES string of the molecule is CCc1ccc(N(C(=O)c2ccco2)[C@H](C(=O)NC2CCCC2)c2cc(OC)c(OC)c(OC)c2)cc1. The van der Waals surface area contributed by atoms with Crippen molar-refractivity contribution in [1.29, 1.82) is 0 Å². The maximum atomic E-state index is 14.0. The molecule has 1 N–H and O–H groups in total. The molecule has 0 saturated heterocycles. The fourth-order valence-electron chi connectivity index (χ4n) is 4.82. The Morgan fingerprint density at radius 2 is 1.65 bits per heavy atom. The predicted octanol–water partition coefficient (Wildman–Crippen LogP) is 5.31. The number of aryl methyl sites for hydroxylation is 1. The third-order valence-corrected chi connectivity index (χ3v) is 6.78. The molecule has 2 aromatic carbocycles. The van der Waals surface area contributed by atoms with E-state index in [0.717, 1.165) is 37.7 Å². The number of nitrogens with one attached hydrogen (secondary N) is 1. The topological polar surface area (TPSA) is 90.2 Å². The second-order valence-corrected chi connectivity index (χ2v) is 9.02. The highest BCUT2D eigenvalue weighted by molar-refractivity contribution is 6.08. The third kappa shape index (κ3) is 5.58. The van der Waals surface area contributed by atoms with Crippen molar-refractivity contribution in [2.24, 2.45) is 0 Å². The predicted molar refractivity (Wildman–Crippen MR) is 141 cm³/mol. The number of carbonyl (C=O) groups is 2. The van der Waals surface area contributed by atoms with E-state index in [1.54, 1.807) is 24.3 Å². The molecule has 0 radical (unpaired) electrons. The Bertz CT molecular complexity index is 1170. The van der Waals surface area contributed by atoms with Crippen molar-refractivity contribution in [1.82, 2.24) is 5.32 Å². The van der Waals surface area contributed by atoms with Gasteiger partial charge in [-0.1, -0.05) is 31.9 Å². The summed E-state index contributed by atoms with van der Waals surface area (Å²) in [5.74, 6) is 0.588. The Morgan fingerprint density at radius 1 is 1.00 bits per heavy atom. The van der Waals surface area contributed by atoms with Gasteiger partial charge in [0.15, 0.2) is 17.3 Å². The number of rotatable bonds is 10. The second-order valence-electron chi connectivity index (χ2n) is 9.02. The van der Waals surface area contributed by atoms with Crippen molar-refractivity contribution in [3.8, 4) is 17.2 Å². The molecule has 1 aromatic heterocycles. The maximum absolute atomic E-state index is 14.0. The quantitative estimate of drug-likeness (QED) is 0.401. The lowest BCUT2D eigenvalue weighted by atomic mass is 10.00. The van der Waals surface area contributed by atoms with Gasteiger partial charge in [0.1, 0.15) is 6.04 Å². The van der Waals surface area contributed by atoms with Gasteiger partial charge in [-0.15, -0.1) is 0 Å². The Hall–Kier alpha value is -3.94. The van der Waals surface area contributed by atoms with E-state index in [9.17, 15) is 9.59 Å². The Balaban J connectivity index is 1.89. The monoisotopic (exact) mass is 506 g/mol. The molecule has 0 aliphatic heterocycles. The van der Waals surface area contributed by atoms with Gasteiger partial charge in [-0.05, 0) is 66.8 Å². The molecule has 0 unspecified atom stereocenters. The van der Waals surface area contributed by atoms with Crippen LogP contribution in [0.4, 0.5) is 5.69 Å². The standard InChI is InChI=1S/C29H34N2O6/c1-5-19-12-14-22(15-13-19)31(29(33)23-11-8-16-37-23)26(28(32)30-21-9-6-7-10-21)20-17-24(34-2)27(36-4)25(18-20)35-3/h8,11-18,21,26H,5-7,9-10H2,1-4H3,(H,30,32)/t26-/m0/s1. The smallest absolute Gasteiger partial charge is 0.294 e. The zero-order valence-corrected chi connectivity index (χ0v) is 21.8. The average Bonchev–Trinajstić information content (AvgIpc) is 3.65. The van der Waals surface area contributed by atoms with Crippen molar-refractivity contribution in [3.05, 3.63) is 71.7 Å². The molecule has 196 valence electrons. The molecule has 8 nitrogen and oxygen atoms in total. The molecule has 1 fully saturated rings. The van der Waals surface area contributed by atoms with E-state index < -0.39 is 11.9 Å². The first-order valence-corrected chi connectivity index (χ1v) is 12.6. The van der Waals surface area contributed by atoms with Gasteiger partial charge in [0, 0.05) is 11.7 Å². The second kappa shape index (κ2) is 11.9. The normalized spacial score (nSPS) is 14.2. The molecule has 1 aliphatic carbocycles. The van der Waals surface area contributed by atoms with Crippen LogP contribution in [0.5, 0.6) is 17.2 Å². The minimum Gasteiger partial charge on any atom is -0.493 e. The molecule has 8 heteroatoms. The average molecular weight is 507 g/mol. The summed E-state index contributed by atoms with van der Waals surface area (Å²) in [6.45, 7) is 2.06. The lowest BCUT2D eigenvalue weighted by Crippen LogP contribution is -2.46. The van der Waals surface area contributed by atoms with Gasteiger partial charge in [-0.25, -0.2) is 0 Å². The maximum Gasteiger partial charge on any atom is 0.294 e. The Morgan fingerprint density at radius 3 is 2.16 bits per heavy atom. The van der Waals surface area contributed by atoms with Crippen molar-refractivity contribution in [2.75, 3.05) is 26.2 Å². The van der Waals surface area contributed by atoms with Gasteiger partial charge in [0.2, 0.25) is 11.7 Å². The lowest BCUT2D eigenvalue weighted by Gasteiger charge is -2.32. The summed E-state index contributed by atoms with van der Waals surface area (Å²) in [6.07, 6.45) is 6.24. The highest BCUT2D eigenvalue weighted by Gasteiger charge is 2.37. The van der Waals surface area contributed by atoms with E-state index in [4.69, 9.17) is 18.6 Å². The molecular weight excluding hydrogens is 472 g/mol. The molecule has 1 heterocycles. The number of hydrogen-bond acceptors (Lipinski definition) is 6. The van der Waals surface area contributed by atoms with Crippen LogP contribution < -0.4 is 24.4 Å². The first-order valence-electron chi connectivity index (χ1n) is 12.6. The molecule has 3 aromatic rings. The number of hydrogen-bond donors (Lipinski definition) is 1. The van der Waals surface area contributed by atoms with Crippen molar-refractivity contribution in [2.45, 2.75) is 51.1 Å². The summed E-state index contributed by atoms with van der Waals surface area (Å²) in [5, 5.41) is 3.18. The van der Waals surface area contributed by atoms with E-state index in [-0.39, 0.29) is 17.7 Å². The molecular formula is C29H34N2O6. The van der Waals surface area contributed by atoms with E-state index in [2.05, 4.69) is 12.2 Å². The van der Waals surface area contributed by atoms with Crippen molar-refractivity contribution in [3.63, 3.8) is 0 Å². The van der Waals surface area contributed by atoms with Crippen LogP contribution in [0.1, 0.15) is 60.3 Å². The molecule has 37 heavy (non-hydrogen) atoms. The van der Waals surface area contributed by atoms with E-state index in [1.807, 2.05) is 24.3 Å². The Labute approximate surface area is 217 Å². The zero-order chi connectivity index (χ0) is 26.4. The van der Waals surface area contributed by atoms with Gasteiger partial charge in [-0.3, -0.25) is 14.5 Å². The highest BCUT2D eigenvalue weighted by Crippen LogP contribution is 2.42. The molecule has 1 saturated carbocycles. The summed E-state index contributed by atoms with van der Waals surface area (Å²) in [7, 11) is 4.56. The molecule has 1 atom stereocenters. The number of methoxy groups -OCH3 is 3. The number of carbonyl (C=O) groups excluding carboxylic acids is 2. The number of ether oxygens (including phenoxy) is 3. The molecule has 0 bridgehead atoms. The van der Waals surface area contributed by atoms with Crippen LogP contribution in [-0.2, 0) is 11.2 Å². The number of benzene rings is 2. The summed E-state index contributed by atoms with van der Waals surface area (Å²) < 4.78 is 22.1. The fourth-order valence-corrected chi connectivity index (χ4v) is 4.82. The number of nitrogens with zero attached hydrogens (tertiary/aromatic N) is 1. The van der Waals surface area contributed by atoms with Gasteiger partial charge in [0.25, 0.3) is 5.91 Å². The van der Waals surface area contributed by atoms with Crippen LogP contribution >= 0.6 is 0 Å². The minimum atomic E-state index is -1.03. The Kier molecular flexibility index (Phi) is 8.38. The lowest BCUT2D eigenvalue weighted by molar-refractivity contribution is -0.123. The minimum absolute atomic E-state index is 0.0556. The first kappa shape index (κ1) is 26.1. The van der Waals surface area contributed by atoms with Crippen LogP contribution in [-0.4, -0.2) is 39.2 Å². The van der Waals surface area contributed by atoms with Crippen LogP contribution in [0.15, 0.2) is 59.2 Å². The third-order valence-electron chi connectivity index (χ3n) is 6.78. The van der Waals surface area contributed by atoms with Crippen molar-refractivity contribution < 1.29 is 28.2 Å². The largest absolute Gasteiger partial charge is 0.493 e. The van der Waals surface area contributed by atoms with Crippen LogP contribution in [0.25, 0.3) is 0 Å². The summed E-state index contributed by atoms with van der Waals surface area (Å²) in [5.41, 5.74) is 2.21.